The molecule has 94 valence electrons. The van der Waals surface area contributed by atoms with Gasteiger partial charge in [-0.15, -0.1) is 0 Å². The van der Waals surface area contributed by atoms with Gasteiger partial charge in [0.1, 0.15) is 0 Å². The number of benzene rings is 1. The van der Waals surface area contributed by atoms with Gasteiger partial charge in [0.25, 0.3) is 5.56 Å². The molecule has 1 atom stereocenters. The number of hydrogen-bond acceptors (Lipinski definition) is 3. The Kier molecular flexibility index (Phi) is 3.18. The molecular weight excluding hydrogens is 294 g/mol. The maximum Gasteiger partial charge on any atom is 0.274 e. The molecule has 2 heterocycles. The molecule has 5 heteroatoms. The van der Waals surface area contributed by atoms with Gasteiger partial charge in [-0.3, -0.25) is 4.79 Å². The molecular formula is C13H14BrN3O. The second-order valence-electron chi connectivity index (χ2n) is 4.63. The number of nitrogens with zero attached hydrogens (tertiary/aromatic N) is 2. The van der Waals surface area contributed by atoms with Crippen LogP contribution < -0.4 is 10.9 Å². The van der Waals surface area contributed by atoms with Gasteiger partial charge in [0.2, 0.25) is 0 Å². The lowest BCUT2D eigenvalue weighted by atomic mass is 10.1. The van der Waals surface area contributed by atoms with Crippen LogP contribution in [-0.2, 0) is 0 Å². The molecule has 0 spiro atoms. The lowest BCUT2D eigenvalue weighted by Gasteiger charge is -2.23. The molecule has 1 unspecified atom stereocenters. The summed E-state index contributed by atoms with van der Waals surface area (Å²) < 4.78 is 2.59. The lowest BCUT2D eigenvalue weighted by molar-refractivity contribution is 0.337. The summed E-state index contributed by atoms with van der Waals surface area (Å²) in [6.07, 6.45) is 3.88. The van der Waals surface area contributed by atoms with E-state index in [1.54, 1.807) is 10.9 Å². The topological polar surface area (TPSA) is 46.9 Å². The maximum absolute atomic E-state index is 12.4. The van der Waals surface area contributed by atoms with E-state index in [0.29, 0.717) is 0 Å². The highest BCUT2D eigenvalue weighted by Crippen LogP contribution is 2.18. The van der Waals surface area contributed by atoms with Gasteiger partial charge in [0.05, 0.1) is 17.6 Å². The minimum Gasteiger partial charge on any atom is -0.315 e. The monoisotopic (exact) mass is 307 g/mol. The Morgan fingerprint density at radius 3 is 3.11 bits per heavy atom. The molecule has 3 rings (SSSR count). The SMILES string of the molecule is O=c1c2ccc(Br)cc2cnn1C1CCCNC1. The van der Waals surface area contributed by atoms with Crippen molar-refractivity contribution >= 4 is 26.7 Å². The second kappa shape index (κ2) is 4.82. The Balaban J connectivity index is 2.11. The van der Waals surface area contributed by atoms with Crippen LogP contribution in [0.3, 0.4) is 0 Å². The first-order chi connectivity index (χ1) is 8.75. The Morgan fingerprint density at radius 1 is 1.44 bits per heavy atom. The predicted octanol–water partition coefficient (Wildman–Crippen LogP) is 2.08. The van der Waals surface area contributed by atoms with Crippen molar-refractivity contribution in [2.24, 2.45) is 0 Å². The first-order valence-corrected chi connectivity index (χ1v) is 6.93. The van der Waals surface area contributed by atoms with E-state index in [9.17, 15) is 4.79 Å². The number of halogens is 1. The Bertz CT molecular complexity index is 632. The van der Waals surface area contributed by atoms with Gasteiger partial charge in [0.15, 0.2) is 0 Å². The molecule has 0 aliphatic carbocycles. The molecule has 0 amide bonds. The average Bonchev–Trinajstić information content (AvgIpc) is 2.40. The summed E-state index contributed by atoms with van der Waals surface area (Å²) >= 11 is 3.41. The van der Waals surface area contributed by atoms with Crippen LogP contribution >= 0.6 is 15.9 Å². The van der Waals surface area contributed by atoms with E-state index in [0.717, 1.165) is 41.2 Å². The molecule has 0 radical (unpaired) electrons. The van der Waals surface area contributed by atoms with Crippen molar-refractivity contribution in [3.8, 4) is 0 Å². The van der Waals surface area contributed by atoms with Gasteiger partial charge >= 0.3 is 0 Å². The average molecular weight is 308 g/mol. The van der Waals surface area contributed by atoms with Crippen molar-refractivity contribution in [1.82, 2.24) is 15.1 Å². The minimum absolute atomic E-state index is 0.00806. The first kappa shape index (κ1) is 11.9. The van der Waals surface area contributed by atoms with Crippen LogP contribution in [0.4, 0.5) is 0 Å². The van der Waals surface area contributed by atoms with Crippen LogP contribution in [0, 0.1) is 0 Å². The van der Waals surface area contributed by atoms with Crippen LogP contribution in [0.1, 0.15) is 18.9 Å². The van der Waals surface area contributed by atoms with Gasteiger partial charge in [-0.25, -0.2) is 4.68 Å². The van der Waals surface area contributed by atoms with Gasteiger partial charge in [-0.2, -0.15) is 5.10 Å². The third-order valence-corrected chi connectivity index (χ3v) is 3.88. The third kappa shape index (κ3) is 2.08. The molecule has 1 N–H and O–H groups in total. The summed E-state index contributed by atoms with van der Waals surface area (Å²) in [7, 11) is 0. The molecule has 1 aliphatic rings. The van der Waals surface area contributed by atoms with E-state index in [1.165, 1.54) is 0 Å². The summed E-state index contributed by atoms with van der Waals surface area (Å²) in [6, 6.07) is 5.86. The van der Waals surface area contributed by atoms with E-state index >= 15 is 0 Å². The number of aromatic nitrogens is 2. The molecule has 4 nitrogen and oxygen atoms in total. The Labute approximate surface area is 113 Å². The van der Waals surface area contributed by atoms with Crippen LogP contribution in [0.2, 0.25) is 0 Å². The fraction of sp³-hybridized carbons (Fsp3) is 0.385. The predicted molar refractivity (Wildman–Crippen MR) is 74.8 cm³/mol. The van der Waals surface area contributed by atoms with Crippen molar-refractivity contribution in [2.45, 2.75) is 18.9 Å². The first-order valence-electron chi connectivity index (χ1n) is 6.13. The summed E-state index contributed by atoms with van der Waals surface area (Å²) in [5.74, 6) is 0. The smallest absolute Gasteiger partial charge is 0.274 e. The van der Waals surface area contributed by atoms with Gasteiger partial charge in [-0.05, 0) is 37.6 Å². The third-order valence-electron chi connectivity index (χ3n) is 3.39. The quantitative estimate of drug-likeness (QED) is 0.877. The summed E-state index contributed by atoms with van der Waals surface area (Å²) in [4.78, 5) is 12.4. The fourth-order valence-corrected chi connectivity index (χ4v) is 2.82. The molecule has 0 saturated carbocycles. The highest BCUT2D eigenvalue weighted by Gasteiger charge is 2.17. The summed E-state index contributed by atoms with van der Waals surface area (Å²) in [5, 5.41) is 9.24. The van der Waals surface area contributed by atoms with E-state index in [4.69, 9.17) is 0 Å². The molecule has 1 aliphatic heterocycles. The zero-order chi connectivity index (χ0) is 12.5. The van der Waals surface area contributed by atoms with Crippen LogP contribution in [0.15, 0.2) is 33.7 Å². The van der Waals surface area contributed by atoms with Crippen molar-refractivity contribution in [2.75, 3.05) is 13.1 Å². The largest absolute Gasteiger partial charge is 0.315 e. The van der Waals surface area contributed by atoms with Gasteiger partial charge < -0.3 is 5.32 Å². The second-order valence-corrected chi connectivity index (χ2v) is 5.54. The molecule has 0 bridgehead atoms. The molecule has 1 fully saturated rings. The normalized spacial score (nSPS) is 20.2. The van der Waals surface area contributed by atoms with Crippen molar-refractivity contribution < 1.29 is 0 Å². The Morgan fingerprint density at radius 2 is 2.33 bits per heavy atom. The number of rotatable bonds is 1. The summed E-state index contributed by atoms with van der Waals surface area (Å²) in [6.45, 7) is 1.86. The summed E-state index contributed by atoms with van der Waals surface area (Å²) in [5.41, 5.74) is 0.00806. The number of piperidine rings is 1. The minimum atomic E-state index is 0.00806. The van der Waals surface area contributed by atoms with Crippen LogP contribution in [-0.4, -0.2) is 22.9 Å². The molecule has 18 heavy (non-hydrogen) atoms. The van der Waals surface area contributed by atoms with Crippen molar-refractivity contribution in [3.63, 3.8) is 0 Å². The zero-order valence-electron chi connectivity index (χ0n) is 9.90. The fourth-order valence-electron chi connectivity index (χ4n) is 2.44. The van der Waals surface area contributed by atoms with Gasteiger partial charge in [0, 0.05) is 16.4 Å². The van der Waals surface area contributed by atoms with Crippen LogP contribution in [0.25, 0.3) is 10.8 Å². The molecule has 1 saturated heterocycles. The van der Waals surface area contributed by atoms with E-state index in [-0.39, 0.29) is 11.6 Å². The van der Waals surface area contributed by atoms with E-state index < -0.39 is 0 Å². The van der Waals surface area contributed by atoms with E-state index in [2.05, 4.69) is 26.3 Å². The van der Waals surface area contributed by atoms with Crippen molar-refractivity contribution in [1.29, 1.82) is 0 Å². The molecule has 2 aromatic rings. The lowest BCUT2D eigenvalue weighted by Crippen LogP contribution is -2.37. The number of hydrogen-bond donors (Lipinski definition) is 1. The standard InChI is InChI=1S/C13H14BrN3O/c14-10-3-4-12-9(6-10)7-16-17(13(12)18)11-2-1-5-15-8-11/h3-4,6-7,11,15H,1-2,5,8H2. The number of nitrogens with one attached hydrogen (secondary N) is 1. The molecule has 1 aromatic heterocycles. The van der Waals surface area contributed by atoms with Gasteiger partial charge in [-0.1, -0.05) is 15.9 Å². The Hall–Kier alpha value is -1.20. The zero-order valence-corrected chi connectivity index (χ0v) is 11.5. The highest BCUT2D eigenvalue weighted by atomic mass is 79.9. The maximum atomic E-state index is 12.4. The van der Waals surface area contributed by atoms with E-state index in [1.807, 2.05) is 18.2 Å². The highest BCUT2D eigenvalue weighted by molar-refractivity contribution is 9.10. The van der Waals surface area contributed by atoms with Crippen molar-refractivity contribution in [3.05, 3.63) is 39.2 Å². The molecule has 1 aromatic carbocycles. The van der Waals surface area contributed by atoms with Crippen LogP contribution in [0.5, 0.6) is 0 Å². The number of fused-ring (bicyclic) bond motifs is 1.